The summed E-state index contributed by atoms with van der Waals surface area (Å²) in [5.74, 6) is 0. The molecular weight excluding hydrogens is 270 g/mol. The third kappa shape index (κ3) is 3.30. The molecule has 0 aliphatic carbocycles. The predicted molar refractivity (Wildman–Crippen MR) is 68.7 cm³/mol. The molecule has 16 heavy (non-hydrogen) atoms. The second-order valence-corrected chi connectivity index (χ2v) is 4.74. The fourth-order valence-corrected chi connectivity index (χ4v) is 2.31. The van der Waals surface area contributed by atoms with Crippen molar-refractivity contribution < 1.29 is 4.74 Å². The van der Waals surface area contributed by atoms with Crippen LogP contribution in [0.3, 0.4) is 0 Å². The first-order chi connectivity index (χ1) is 7.60. The van der Waals surface area contributed by atoms with Crippen LogP contribution >= 0.6 is 15.9 Å². The summed E-state index contributed by atoms with van der Waals surface area (Å²) in [6.45, 7) is 2.75. The van der Waals surface area contributed by atoms with E-state index in [2.05, 4.69) is 26.3 Å². The van der Waals surface area contributed by atoms with Gasteiger partial charge in [-0.2, -0.15) is 5.10 Å². The van der Waals surface area contributed by atoms with Crippen LogP contribution in [-0.2, 0) is 18.2 Å². The number of aryl methyl sites for hydroxylation is 2. The minimum Gasteiger partial charge on any atom is -0.383 e. The summed E-state index contributed by atoms with van der Waals surface area (Å²) in [7, 11) is 5.68. The Bertz CT molecular complexity index is 338. The molecule has 0 aliphatic heterocycles. The number of methoxy groups -OCH3 is 1. The minimum absolute atomic E-state index is 0.395. The average Bonchev–Trinajstić information content (AvgIpc) is 2.49. The minimum atomic E-state index is 0.395. The highest BCUT2D eigenvalue weighted by Crippen LogP contribution is 2.21. The number of nitrogens with zero attached hydrogens (tertiary/aromatic N) is 2. The molecule has 1 heterocycles. The molecular formula is C11H20BrN3O. The standard InChI is InChI=1S/C11H20BrN3O/c1-8-11(12)10(15(3)14-8)6-5-9(13-2)7-16-4/h9,13H,5-7H2,1-4H3. The Kier molecular flexibility index (Phi) is 5.44. The van der Waals surface area contributed by atoms with Gasteiger partial charge in [0, 0.05) is 20.2 Å². The number of hydrogen-bond acceptors (Lipinski definition) is 3. The number of hydrogen-bond donors (Lipinski definition) is 1. The summed E-state index contributed by atoms with van der Waals surface area (Å²) in [5.41, 5.74) is 2.29. The van der Waals surface area contributed by atoms with E-state index in [1.807, 2.05) is 25.7 Å². The number of likely N-dealkylation sites (N-methyl/N-ethyl adjacent to an activating group) is 1. The van der Waals surface area contributed by atoms with Gasteiger partial charge in [-0.25, -0.2) is 0 Å². The highest BCUT2D eigenvalue weighted by Gasteiger charge is 2.13. The van der Waals surface area contributed by atoms with Crippen molar-refractivity contribution in [3.8, 4) is 0 Å². The van der Waals surface area contributed by atoms with Crippen molar-refractivity contribution in [1.29, 1.82) is 0 Å². The van der Waals surface area contributed by atoms with Gasteiger partial charge in [0.25, 0.3) is 0 Å². The lowest BCUT2D eigenvalue weighted by Gasteiger charge is -2.14. The highest BCUT2D eigenvalue weighted by molar-refractivity contribution is 9.10. The molecule has 1 rings (SSSR count). The molecule has 0 radical (unpaired) electrons. The molecule has 0 aliphatic rings. The Hall–Kier alpha value is -0.390. The second-order valence-electron chi connectivity index (χ2n) is 3.95. The monoisotopic (exact) mass is 289 g/mol. The van der Waals surface area contributed by atoms with Crippen LogP contribution in [0.25, 0.3) is 0 Å². The van der Waals surface area contributed by atoms with Crippen LogP contribution in [0.4, 0.5) is 0 Å². The van der Waals surface area contributed by atoms with Gasteiger partial charge in [0.15, 0.2) is 0 Å². The topological polar surface area (TPSA) is 39.1 Å². The molecule has 92 valence electrons. The largest absolute Gasteiger partial charge is 0.383 e. The average molecular weight is 290 g/mol. The summed E-state index contributed by atoms with van der Waals surface area (Å²) in [6, 6.07) is 0.395. The highest BCUT2D eigenvalue weighted by atomic mass is 79.9. The van der Waals surface area contributed by atoms with E-state index < -0.39 is 0 Å². The number of nitrogens with one attached hydrogen (secondary N) is 1. The fourth-order valence-electron chi connectivity index (χ4n) is 1.77. The Balaban J connectivity index is 2.59. The molecule has 1 atom stereocenters. The van der Waals surface area contributed by atoms with E-state index in [4.69, 9.17) is 4.74 Å². The Morgan fingerprint density at radius 2 is 2.25 bits per heavy atom. The number of ether oxygens (including phenoxy) is 1. The lowest BCUT2D eigenvalue weighted by Crippen LogP contribution is -2.30. The first-order valence-electron chi connectivity index (χ1n) is 5.44. The normalized spacial score (nSPS) is 13.1. The SMILES string of the molecule is CNC(CCc1c(Br)c(C)nn1C)COC. The van der Waals surface area contributed by atoms with Crippen LogP contribution in [0.1, 0.15) is 17.8 Å². The van der Waals surface area contributed by atoms with Gasteiger partial charge in [-0.1, -0.05) is 0 Å². The first-order valence-corrected chi connectivity index (χ1v) is 6.23. The molecule has 1 unspecified atom stereocenters. The van der Waals surface area contributed by atoms with Crippen LogP contribution < -0.4 is 5.32 Å². The van der Waals surface area contributed by atoms with Crippen molar-refractivity contribution >= 4 is 15.9 Å². The van der Waals surface area contributed by atoms with Crippen molar-refractivity contribution in [2.45, 2.75) is 25.8 Å². The molecule has 0 fully saturated rings. The van der Waals surface area contributed by atoms with E-state index in [1.54, 1.807) is 7.11 Å². The summed E-state index contributed by atoms with van der Waals surface area (Å²) >= 11 is 3.58. The van der Waals surface area contributed by atoms with Gasteiger partial charge in [-0.3, -0.25) is 4.68 Å². The summed E-state index contributed by atoms with van der Waals surface area (Å²) < 4.78 is 8.22. The molecule has 0 spiro atoms. The van der Waals surface area contributed by atoms with Crippen LogP contribution in [-0.4, -0.2) is 36.6 Å². The fraction of sp³-hybridized carbons (Fsp3) is 0.727. The Labute approximate surface area is 105 Å². The van der Waals surface area contributed by atoms with Crippen molar-refractivity contribution in [3.05, 3.63) is 15.9 Å². The van der Waals surface area contributed by atoms with Crippen molar-refractivity contribution in [2.75, 3.05) is 20.8 Å². The maximum Gasteiger partial charge on any atom is 0.0738 e. The van der Waals surface area contributed by atoms with Crippen LogP contribution in [0.15, 0.2) is 4.47 Å². The van der Waals surface area contributed by atoms with Crippen molar-refractivity contribution in [3.63, 3.8) is 0 Å². The summed E-state index contributed by atoms with van der Waals surface area (Å²) in [4.78, 5) is 0. The maximum atomic E-state index is 5.15. The molecule has 4 nitrogen and oxygen atoms in total. The molecule has 0 saturated heterocycles. The second kappa shape index (κ2) is 6.37. The molecule has 1 N–H and O–H groups in total. The van der Waals surface area contributed by atoms with E-state index >= 15 is 0 Å². The molecule has 5 heteroatoms. The quantitative estimate of drug-likeness (QED) is 0.866. The van der Waals surface area contributed by atoms with Gasteiger partial charge in [0.05, 0.1) is 22.5 Å². The smallest absolute Gasteiger partial charge is 0.0738 e. The van der Waals surface area contributed by atoms with E-state index in [0.717, 1.165) is 29.6 Å². The zero-order chi connectivity index (χ0) is 12.1. The molecule has 0 saturated carbocycles. The molecule has 0 aromatic carbocycles. The van der Waals surface area contributed by atoms with Gasteiger partial charge in [0.2, 0.25) is 0 Å². The van der Waals surface area contributed by atoms with Gasteiger partial charge < -0.3 is 10.1 Å². The van der Waals surface area contributed by atoms with Gasteiger partial charge >= 0.3 is 0 Å². The van der Waals surface area contributed by atoms with Crippen molar-refractivity contribution in [1.82, 2.24) is 15.1 Å². The number of aromatic nitrogens is 2. The van der Waals surface area contributed by atoms with E-state index in [0.29, 0.717) is 6.04 Å². The maximum absolute atomic E-state index is 5.15. The Morgan fingerprint density at radius 3 is 2.69 bits per heavy atom. The zero-order valence-electron chi connectivity index (χ0n) is 10.4. The van der Waals surface area contributed by atoms with Gasteiger partial charge in [-0.05, 0) is 42.7 Å². The molecule has 1 aromatic rings. The van der Waals surface area contributed by atoms with E-state index in [1.165, 1.54) is 5.69 Å². The van der Waals surface area contributed by atoms with Crippen molar-refractivity contribution in [2.24, 2.45) is 7.05 Å². The van der Waals surface area contributed by atoms with E-state index in [9.17, 15) is 0 Å². The predicted octanol–water partition coefficient (Wildman–Crippen LogP) is 1.66. The Morgan fingerprint density at radius 1 is 1.56 bits per heavy atom. The first kappa shape index (κ1) is 13.7. The van der Waals surface area contributed by atoms with Gasteiger partial charge in [0.1, 0.15) is 0 Å². The van der Waals surface area contributed by atoms with Crippen LogP contribution in [0, 0.1) is 6.92 Å². The third-order valence-corrected chi connectivity index (χ3v) is 3.80. The number of halogens is 1. The van der Waals surface area contributed by atoms with Gasteiger partial charge in [-0.15, -0.1) is 0 Å². The van der Waals surface area contributed by atoms with E-state index in [-0.39, 0.29) is 0 Å². The van der Waals surface area contributed by atoms with Crippen LogP contribution in [0.5, 0.6) is 0 Å². The summed E-state index contributed by atoms with van der Waals surface area (Å²) in [6.07, 6.45) is 2.04. The zero-order valence-corrected chi connectivity index (χ0v) is 12.0. The molecule has 0 amide bonds. The summed E-state index contributed by atoms with van der Waals surface area (Å²) in [5, 5.41) is 7.63. The molecule has 0 bridgehead atoms. The lowest BCUT2D eigenvalue weighted by atomic mass is 10.1. The third-order valence-electron chi connectivity index (χ3n) is 2.77. The lowest BCUT2D eigenvalue weighted by molar-refractivity contribution is 0.166. The molecule has 1 aromatic heterocycles. The number of rotatable bonds is 6. The van der Waals surface area contributed by atoms with Crippen LogP contribution in [0.2, 0.25) is 0 Å².